The Morgan fingerprint density at radius 3 is 2.79 bits per heavy atom. The van der Waals surface area contributed by atoms with Crippen LogP contribution in [0.1, 0.15) is 6.42 Å². The van der Waals surface area contributed by atoms with Gasteiger partial charge in [0.2, 0.25) is 0 Å². The molecule has 4 heteroatoms. The summed E-state index contributed by atoms with van der Waals surface area (Å²) in [5.74, 6) is 0.961. The molecule has 0 aliphatic rings. The standard InChI is InChI=1S/C15H16N4/c16-8-4-10-19-14-7-2-1-6-13(14)18-15(19)12-5-3-9-17-11-12/h1-3,5-7,9,11H,4,8,10,16H2. The van der Waals surface area contributed by atoms with Gasteiger partial charge in [0, 0.05) is 24.5 Å². The number of nitrogens with zero attached hydrogens (tertiary/aromatic N) is 3. The van der Waals surface area contributed by atoms with Crippen LogP contribution >= 0.6 is 0 Å². The van der Waals surface area contributed by atoms with E-state index in [1.807, 2.05) is 36.5 Å². The lowest BCUT2D eigenvalue weighted by Crippen LogP contribution is -2.07. The van der Waals surface area contributed by atoms with Crippen LogP contribution in [0.3, 0.4) is 0 Å². The summed E-state index contributed by atoms with van der Waals surface area (Å²) >= 11 is 0. The third-order valence-electron chi connectivity index (χ3n) is 3.16. The second-order valence-corrected chi connectivity index (χ2v) is 4.46. The van der Waals surface area contributed by atoms with Gasteiger partial charge in [-0.1, -0.05) is 12.1 Å². The topological polar surface area (TPSA) is 56.7 Å². The largest absolute Gasteiger partial charge is 0.330 e. The summed E-state index contributed by atoms with van der Waals surface area (Å²) in [6.07, 6.45) is 4.56. The van der Waals surface area contributed by atoms with E-state index in [4.69, 9.17) is 10.7 Å². The number of pyridine rings is 1. The smallest absolute Gasteiger partial charge is 0.142 e. The predicted octanol–water partition coefficient (Wildman–Crippen LogP) is 2.45. The van der Waals surface area contributed by atoms with Gasteiger partial charge in [-0.3, -0.25) is 4.98 Å². The predicted molar refractivity (Wildman–Crippen MR) is 76.6 cm³/mol. The molecule has 2 N–H and O–H groups in total. The van der Waals surface area contributed by atoms with E-state index in [0.29, 0.717) is 6.54 Å². The van der Waals surface area contributed by atoms with E-state index in [-0.39, 0.29) is 0 Å². The van der Waals surface area contributed by atoms with Crippen LogP contribution in [-0.4, -0.2) is 21.1 Å². The summed E-state index contributed by atoms with van der Waals surface area (Å²) in [4.78, 5) is 8.89. The molecule has 2 heterocycles. The van der Waals surface area contributed by atoms with E-state index in [1.54, 1.807) is 6.20 Å². The molecule has 3 aromatic rings. The summed E-state index contributed by atoms with van der Waals surface area (Å²) in [6, 6.07) is 12.1. The molecule has 0 aliphatic heterocycles. The van der Waals surface area contributed by atoms with Gasteiger partial charge in [0.05, 0.1) is 11.0 Å². The van der Waals surface area contributed by atoms with Gasteiger partial charge >= 0.3 is 0 Å². The number of para-hydroxylation sites is 2. The van der Waals surface area contributed by atoms with Crippen LogP contribution in [0.25, 0.3) is 22.4 Å². The van der Waals surface area contributed by atoms with Crippen molar-refractivity contribution >= 4 is 11.0 Å². The van der Waals surface area contributed by atoms with E-state index in [9.17, 15) is 0 Å². The first-order valence-electron chi connectivity index (χ1n) is 6.46. The van der Waals surface area contributed by atoms with E-state index < -0.39 is 0 Å². The van der Waals surface area contributed by atoms with Gasteiger partial charge in [-0.2, -0.15) is 0 Å². The molecule has 0 radical (unpaired) electrons. The Morgan fingerprint density at radius 1 is 1.11 bits per heavy atom. The lowest BCUT2D eigenvalue weighted by molar-refractivity contribution is 0.671. The highest BCUT2D eigenvalue weighted by atomic mass is 15.1. The number of aryl methyl sites for hydroxylation is 1. The van der Waals surface area contributed by atoms with Crippen LogP contribution in [0.5, 0.6) is 0 Å². The molecule has 0 bridgehead atoms. The van der Waals surface area contributed by atoms with Gasteiger partial charge in [0.1, 0.15) is 5.82 Å². The molecule has 0 saturated carbocycles. The molecule has 4 nitrogen and oxygen atoms in total. The average Bonchev–Trinajstić information content (AvgIpc) is 2.85. The van der Waals surface area contributed by atoms with Crippen molar-refractivity contribution in [2.45, 2.75) is 13.0 Å². The van der Waals surface area contributed by atoms with Crippen molar-refractivity contribution in [2.24, 2.45) is 5.73 Å². The SMILES string of the molecule is NCCCn1c(-c2cccnc2)nc2ccccc21. The Labute approximate surface area is 111 Å². The molecule has 96 valence electrons. The highest BCUT2D eigenvalue weighted by Gasteiger charge is 2.11. The molecule has 0 saturated heterocycles. The monoisotopic (exact) mass is 252 g/mol. The molecular weight excluding hydrogens is 236 g/mol. The first-order valence-corrected chi connectivity index (χ1v) is 6.46. The maximum atomic E-state index is 5.63. The highest BCUT2D eigenvalue weighted by molar-refractivity contribution is 5.80. The minimum absolute atomic E-state index is 0.680. The van der Waals surface area contributed by atoms with Crippen LogP contribution in [0.2, 0.25) is 0 Å². The normalized spacial score (nSPS) is 11.0. The zero-order valence-electron chi connectivity index (χ0n) is 10.7. The molecule has 19 heavy (non-hydrogen) atoms. The maximum Gasteiger partial charge on any atom is 0.142 e. The number of nitrogens with two attached hydrogens (primary N) is 1. The van der Waals surface area contributed by atoms with Gasteiger partial charge in [-0.25, -0.2) is 4.98 Å². The fraction of sp³-hybridized carbons (Fsp3) is 0.200. The molecule has 0 unspecified atom stereocenters. The molecule has 0 amide bonds. The number of rotatable bonds is 4. The average molecular weight is 252 g/mol. The Morgan fingerprint density at radius 2 is 2.00 bits per heavy atom. The first kappa shape index (κ1) is 11.9. The molecular formula is C15H16N4. The van der Waals surface area contributed by atoms with Gasteiger partial charge in [0.15, 0.2) is 0 Å². The minimum atomic E-state index is 0.680. The lowest BCUT2D eigenvalue weighted by atomic mass is 10.2. The highest BCUT2D eigenvalue weighted by Crippen LogP contribution is 2.24. The molecule has 0 aliphatic carbocycles. The second-order valence-electron chi connectivity index (χ2n) is 4.46. The second kappa shape index (κ2) is 5.20. The number of benzene rings is 1. The van der Waals surface area contributed by atoms with E-state index in [0.717, 1.165) is 35.4 Å². The van der Waals surface area contributed by atoms with Crippen LogP contribution in [0.15, 0.2) is 48.8 Å². The van der Waals surface area contributed by atoms with Gasteiger partial charge < -0.3 is 10.3 Å². The van der Waals surface area contributed by atoms with Gasteiger partial charge in [-0.15, -0.1) is 0 Å². The van der Waals surface area contributed by atoms with Gasteiger partial charge in [0.25, 0.3) is 0 Å². The minimum Gasteiger partial charge on any atom is -0.330 e. The Hall–Kier alpha value is -2.20. The number of aromatic nitrogens is 3. The van der Waals surface area contributed by atoms with Crippen LogP contribution < -0.4 is 5.73 Å². The molecule has 1 aromatic carbocycles. The first-order chi connectivity index (χ1) is 9.40. The molecule has 3 rings (SSSR count). The van der Waals surface area contributed by atoms with Gasteiger partial charge in [-0.05, 0) is 37.2 Å². The number of hydrogen-bond donors (Lipinski definition) is 1. The lowest BCUT2D eigenvalue weighted by Gasteiger charge is -2.08. The van der Waals surface area contributed by atoms with Crippen molar-refractivity contribution in [3.63, 3.8) is 0 Å². The van der Waals surface area contributed by atoms with Crippen molar-refractivity contribution in [1.82, 2.24) is 14.5 Å². The van der Waals surface area contributed by atoms with Crippen molar-refractivity contribution in [3.8, 4) is 11.4 Å². The summed E-state index contributed by atoms with van der Waals surface area (Å²) in [7, 11) is 0. The van der Waals surface area contributed by atoms with Crippen LogP contribution in [0.4, 0.5) is 0 Å². The summed E-state index contributed by atoms with van der Waals surface area (Å²) in [5, 5.41) is 0. The maximum absolute atomic E-state index is 5.63. The molecule has 0 atom stereocenters. The van der Waals surface area contributed by atoms with Crippen LogP contribution in [0, 0.1) is 0 Å². The Bertz CT molecular complexity index is 673. The zero-order chi connectivity index (χ0) is 13.1. The van der Waals surface area contributed by atoms with E-state index in [1.165, 1.54) is 0 Å². The summed E-state index contributed by atoms with van der Waals surface area (Å²) in [5.41, 5.74) is 8.83. The molecule has 0 fully saturated rings. The van der Waals surface area contributed by atoms with Crippen molar-refractivity contribution < 1.29 is 0 Å². The van der Waals surface area contributed by atoms with E-state index >= 15 is 0 Å². The Kier molecular flexibility index (Phi) is 3.25. The van der Waals surface area contributed by atoms with Crippen molar-refractivity contribution in [3.05, 3.63) is 48.8 Å². The molecule has 2 aromatic heterocycles. The van der Waals surface area contributed by atoms with Crippen LogP contribution in [-0.2, 0) is 6.54 Å². The summed E-state index contributed by atoms with van der Waals surface area (Å²) < 4.78 is 2.22. The Balaban J connectivity index is 2.17. The van der Waals surface area contributed by atoms with Crippen molar-refractivity contribution in [2.75, 3.05) is 6.54 Å². The third kappa shape index (κ3) is 2.22. The number of fused-ring (bicyclic) bond motifs is 1. The molecule has 0 spiro atoms. The fourth-order valence-electron chi connectivity index (χ4n) is 2.27. The fourth-order valence-corrected chi connectivity index (χ4v) is 2.27. The number of hydrogen-bond acceptors (Lipinski definition) is 3. The third-order valence-corrected chi connectivity index (χ3v) is 3.16. The summed E-state index contributed by atoms with van der Waals surface area (Å²) in [6.45, 7) is 1.56. The van der Waals surface area contributed by atoms with E-state index in [2.05, 4.69) is 15.6 Å². The quantitative estimate of drug-likeness (QED) is 0.776. The van der Waals surface area contributed by atoms with Crippen molar-refractivity contribution in [1.29, 1.82) is 0 Å². The number of imidazole rings is 1. The zero-order valence-corrected chi connectivity index (χ0v) is 10.7.